The molecule has 0 N–H and O–H groups in total. The summed E-state index contributed by atoms with van der Waals surface area (Å²) in [5.41, 5.74) is 1.73. The Bertz CT molecular complexity index is 467. The third-order valence-electron chi connectivity index (χ3n) is 4.64. The van der Waals surface area contributed by atoms with Crippen LogP contribution >= 0.6 is 0 Å². The summed E-state index contributed by atoms with van der Waals surface area (Å²) in [6.07, 6.45) is 7.91. The highest BCUT2D eigenvalue weighted by atomic mass is 16.5. The second-order valence-electron chi connectivity index (χ2n) is 6.91. The van der Waals surface area contributed by atoms with Gasteiger partial charge in [0.15, 0.2) is 0 Å². The Hall–Kier alpha value is -1.51. The van der Waals surface area contributed by atoms with Crippen LogP contribution in [0, 0.1) is 5.92 Å². The average molecular weight is 334 g/mol. The first-order valence-electron chi connectivity index (χ1n) is 9.50. The highest BCUT2D eigenvalue weighted by Gasteiger charge is 2.19. The van der Waals surface area contributed by atoms with Gasteiger partial charge in [-0.05, 0) is 43.0 Å². The Morgan fingerprint density at radius 1 is 1.04 bits per heavy atom. The van der Waals surface area contributed by atoms with Crippen LogP contribution in [0.4, 0.5) is 5.69 Å². The van der Waals surface area contributed by atoms with E-state index in [0.29, 0.717) is 11.5 Å². The molecule has 2 atom stereocenters. The highest BCUT2D eigenvalue weighted by molar-refractivity contribution is 5.89. The molecular formula is C21H35NO2. The predicted octanol–water partition coefficient (Wildman–Crippen LogP) is 5.68. The largest absolute Gasteiger partial charge is 0.459 e. The molecule has 0 aliphatic rings. The summed E-state index contributed by atoms with van der Waals surface area (Å²) in [5.74, 6) is 0.467. The molecule has 1 aromatic carbocycles. The molecule has 0 saturated carbocycles. The molecule has 0 fully saturated rings. The summed E-state index contributed by atoms with van der Waals surface area (Å²) >= 11 is 0. The molecule has 3 nitrogen and oxygen atoms in total. The zero-order chi connectivity index (χ0) is 17.9. The van der Waals surface area contributed by atoms with Crippen molar-refractivity contribution in [2.45, 2.75) is 71.8 Å². The second-order valence-corrected chi connectivity index (χ2v) is 6.91. The lowest BCUT2D eigenvalue weighted by Gasteiger charge is -2.23. The van der Waals surface area contributed by atoms with Crippen LogP contribution in [0.2, 0.25) is 0 Å². The lowest BCUT2D eigenvalue weighted by Crippen LogP contribution is -2.21. The molecule has 0 amide bonds. The van der Waals surface area contributed by atoms with E-state index in [0.717, 1.165) is 31.4 Å². The van der Waals surface area contributed by atoms with Crippen molar-refractivity contribution in [2.75, 3.05) is 19.0 Å². The van der Waals surface area contributed by atoms with Gasteiger partial charge in [-0.1, -0.05) is 52.9 Å². The number of nitrogens with zero attached hydrogens (tertiary/aromatic N) is 1. The SMILES string of the molecule is CCCCC(CC)CC(CCC)OC(=O)c1ccc(N(C)C)cc1. The number of anilines is 1. The molecule has 1 rings (SSSR count). The van der Waals surface area contributed by atoms with Crippen molar-refractivity contribution in [2.24, 2.45) is 5.92 Å². The highest BCUT2D eigenvalue weighted by Crippen LogP contribution is 2.23. The standard InChI is InChI=1S/C21H35NO2/c1-6-9-11-17(8-3)16-20(10-7-2)24-21(23)18-12-14-19(15-13-18)22(4)5/h12-15,17,20H,6-11,16H2,1-5H3. The first kappa shape index (κ1) is 20.5. The van der Waals surface area contributed by atoms with Gasteiger partial charge in [0.2, 0.25) is 0 Å². The molecule has 0 radical (unpaired) electrons. The van der Waals surface area contributed by atoms with Crippen LogP contribution in [0.25, 0.3) is 0 Å². The summed E-state index contributed by atoms with van der Waals surface area (Å²) in [4.78, 5) is 14.5. The van der Waals surface area contributed by atoms with E-state index >= 15 is 0 Å². The molecule has 0 aromatic heterocycles. The van der Waals surface area contributed by atoms with Crippen LogP contribution in [0.5, 0.6) is 0 Å². The lowest BCUT2D eigenvalue weighted by molar-refractivity contribution is 0.0211. The molecule has 0 heterocycles. The Morgan fingerprint density at radius 2 is 1.71 bits per heavy atom. The minimum Gasteiger partial charge on any atom is -0.459 e. The Kier molecular flexibility index (Phi) is 9.51. The summed E-state index contributed by atoms with van der Waals surface area (Å²) in [5, 5.41) is 0. The first-order valence-corrected chi connectivity index (χ1v) is 9.50. The van der Waals surface area contributed by atoms with Crippen LogP contribution in [0.15, 0.2) is 24.3 Å². The zero-order valence-corrected chi connectivity index (χ0v) is 16.2. The molecule has 0 spiro atoms. The number of carbonyl (C=O) groups is 1. The van der Waals surface area contributed by atoms with Crippen molar-refractivity contribution in [3.8, 4) is 0 Å². The van der Waals surface area contributed by atoms with Gasteiger partial charge in [0.25, 0.3) is 0 Å². The number of unbranched alkanes of at least 4 members (excludes halogenated alkanes) is 1. The van der Waals surface area contributed by atoms with E-state index in [-0.39, 0.29) is 12.1 Å². The number of rotatable bonds is 11. The molecule has 3 heteroatoms. The van der Waals surface area contributed by atoms with E-state index in [1.807, 2.05) is 43.3 Å². The predicted molar refractivity (Wildman–Crippen MR) is 103 cm³/mol. The summed E-state index contributed by atoms with van der Waals surface area (Å²) < 4.78 is 5.84. The van der Waals surface area contributed by atoms with Crippen molar-refractivity contribution in [3.05, 3.63) is 29.8 Å². The number of ether oxygens (including phenoxy) is 1. The van der Waals surface area contributed by atoms with Crippen LogP contribution in [-0.4, -0.2) is 26.2 Å². The normalized spacial score (nSPS) is 13.4. The molecule has 136 valence electrons. The monoisotopic (exact) mass is 333 g/mol. The average Bonchev–Trinajstić information content (AvgIpc) is 2.58. The van der Waals surface area contributed by atoms with Gasteiger partial charge in [-0.3, -0.25) is 0 Å². The lowest BCUT2D eigenvalue weighted by atomic mass is 9.91. The maximum atomic E-state index is 12.5. The minimum atomic E-state index is -0.191. The van der Waals surface area contributed by atoms with E-state index < -0.39 is 0 Å². The number of hydrogen-bond acceptors (Lipinski definition) is 3. The third kappa shape index (κ3) is 6.94. The molecule has 0 aliphatic heterocycles. The smallest absolute Gasteiger partial charge is 0.338 e. The van der Waals surface area contributed by atoms with Crippen molar-refractivity contribution in [3.63, 3.8) is 0 Å². The molecule has 0 aliphatic carbocycles. The van der Waals surface area contributed by atoms with Gasteiger partial charge in [-0.15, -0.1) is 0 Å². The molecule has 24 heavy (non-hydrogen) atoms. The van der Waals surface area contributed by atoms with Gasteiger partial charge < -0.3 is 9.64 Å². The third-order valence-corrected chi connectivity index (χ3v) is 4.64. The number of benzene rings is 1. The fourth-order valence-electron chi connectivity index (χ4n) is 3.02. The number of hydrogen-bond donors (Lipinski definition) is 0. The fraction of sp³-hybridized carbons (Fsp3) is 0.667. The zero-order valence-electron chi connectivity index (χ0n) is 16.2. The summed E-state index contributed by atoms with van der Waals surface area (Å²) in [6, 6.07) is 7.63. The van der Waals surface area contributed by atoms with Gasteiger partial charge in [-0.25, -0.2) is 4.79 Å². The Labute approximate surface area is 148 Å². The quantitative estimate of drug-likeness (QED) is 0.488. The van der Waals surface area contributed by atoms with Gasteiger partial charge in [-0.2, -0.15) is 0 Å². The van der Waals surface area contributed by atoms with Crippen LogP contribution in [0.3, 0.4) is 0 Å². The summed E-state index contributed by atoms with van der Waals surface area (Å²) in [6.45, 7) is 6.62. The topological polar surface area (TPSA) is 29.5 Å². The van der Waals surface area contributed by atoms with Crippen molar-refractivity contribution < 1.29 is 9.53 Å². The van der Waals surface area contributed by atoms with Gasteiger partial charge >= 0.3 is 5.97 Å². The van der Waals surface area contributed by atoms with Gasteiger partial charge in [0.05, 0.1) is 5.56 Å². The Morgan fingerprint density at radius 3 is 2.21 bits per heavy atom. The van der Waals surface area contributed by atoms with Crippen LogP contribution in [-0.2, 0) is 4.74 Å². The number of carbonyl (C=O) groups excluding carboxylic acids is 1. The maximum absolute atomic E-state index is 12.5. The molecule has 0 saturated heterocycles. The molecule has 0 bridgehead atoms. The van der Waals surface area contributed by atoms with Crippen LogP contribution in [0.1, 0.15) is 76.1 Å². The fourth-order valence-corrected chi connectivity index (χ4v) is 3.02. The molecular weight excluding hydrogens is 298 g/mol. The van der Waals surface area contributed by atoms with Gasteiger partial charge in [0, 0.05) is 19.8 Å². The second kappa shape index (κ2) is 11.1. The molecule has 1 aromatic rings. The van der Waals surface area contributed by atoms with E-state index in [1.165, 1.54) is 19.3 Å². The van der Waals surface area contributed by atoms with E-state index in [4.69, 9.17) is 4.74 Å². The number of esters is 1. The van der Waals surface area contributed by atoms with Gasteiger partial charge in [0.1, 0.15) is 6.10 Å². The van der Waals surface area contributed by atoms with E-state index in [9.17, 15) is 4.79 Å². The maximum Gasteiger partial charge on any atom is 0.338 e. The van der Waals surface area contributed by atoms with Crippen molar-refractivity contribution in [1.82, 2.24) is 0 Å². The van der Waals surface area contributed by atoms with Crippen LogP contribution < -0.4 is 4.90 Å². The van der Waals surface area contributed by atoms with Crippen molar-refractivity contribution >= 4 is 11.7 Å². The summed E-state index contributed by atoms with van der Waals surface area (Å²) in [7, 11) is 3.98. The molecule has 2 unspecified atom stereocenters. The minimum absolute atomic E-state index is 0.0397. The van der Waals surface area contributed by atoms with Crippen molar-refractivity contribution in [1.29, 1.82) is 0 Å². The first-order chi connectivity index (χ1) is 11.5. The Balaban J connectivity index is 2.67. The van der Waals surface area contributed by atoms with E-state index in [2.05, 4.69) is 20.8 Å². The van der Waals surface area contributed by atoms with E-state index in [1.54, 1.807) is 0 Å².